The molecule has 1 N–H and O–H groups in total. The lowest BCUT2D eigenvalue weighted by molar-refractivity contribution is 0.199. The molecular weight excluding hydrogens is 282 g/mol. The van der Waals surface area contributed by atoms with Crippen LogP contribution in [-0.2, 0) is 6.42 Å². The van der Waals surface area contributed by atoms with Gasteiger partial charge in [-0.1, -0.05) is 35.9 Å². The van der Waals surface area contributed by atoms with Gasteiger partial charge in [0, 0.05) is 11.7 Å². The highest BCUT2D eigenvalue weighted by Gasteiger charge is 2.25. The van der Waals surface area contributed by atoms with Crippen LogP contribution in [0.3, 0.4) is 0 Å². The molecule has 110 valence electrons. The number of hydrogen-bond donors (Lipinski definition) is 1. The Labute approximate surface area is 131 Å². The molecule has 0 fully saturated rings. The molecular formula is C18H20ClNO. The highest BCUT2D eigenvalue weighted by Crippen LogP contribution is 2.40. The fraction of sp³-hybridized carbons (Fsp3) is 0.333. The molecule has 0 aliphatic carbocycles. The van der Waals surface area contributed by atoms with Gasteiger partial charge in [-0.25, -0.2) is 0 Å². The summed E-state index contributed by atoms with van der Waals surface area (Å²) < 4.78 is 0. The van der Waals surface area contributed by atoms with Gasteiger partial charge < -0.3 is 10.0 Å². The Morgan fingerprint density at radius 3 is 2.67 bits per heavy atom. The summed E-state index contributed by atoms with van der Waals surface area (Å²) in [7, 11) is 0. The van der Waals surface area contributed by atoms with E-state index in [4.69, 9.17) is 11.6 Å². The third kappa shape index (κ3) is 2.66. The Morgan fingerprint density at radius 1 is 1.19 bits per heavy atom. The second kappa shape index (κ2) is 5.70. The number of benzene rings is 2. The third-order valence-electron chi connectivity index (χ3n) is 4.24. The highest BCUT2D eigenvalue weighted by molar-refractivity contribution is 6.33. The lowest BCUT2D eigenvalue weighted by atomic mass is 9.95. The van der Waals surface area contributed by atoms with Crippen LogP contribution >= 0.6 is 11.6 Å². The Morgan fingerprint density at radius 2 is 1.95 bits per heavy atom. The topological polar surface area (TPSA) is 23.5 Å². The van der Waals surface area contributed by atoms with Crippen molar-refractivity contribution in [2.24, 2.45) is 0 Å². The van der Waals surface area contributed by atoms with Crippen LogP contribution in [0.1, 0.15) is 37.5 Å². The molecule has 2 aromatic rings. The zero-order valence-electron chi connectivity index (χ0n) is 12.4. The van der Waals surface area contributed by atoms with Crippen molar-refractivity contribution in [3.63, 3.8) is 0 Å². The molecule has 0 bridgehead atoms. The van der Waals surface area contributed by atoms with Crippen LogP contribution < -0.4 is 4.90 Å². The van der Waals surface area contributed by atoms with Gasteiger partial charge in [0.25, 0.3) is 0 Å². The van der Waals surface area contributed by atoms with Gasteiger partial charge in [-0.05, 0) is 56.0 Å². The molecule has 1 heterocycles. The van der Waals surface area contributed by atoms with E-state index in [9.17, 15) is 5.11 Å². The van der Waals surface area contributed by atoms with Crippen molar-refractivity contribution in [3.8, 4) is 0 Å². The van der Waals surface area contributed by atoms with E-state index in [-0.39, 0.29) is 0 Å². The monoisotopic (exact) mass is 301 g/mol. The molecule has 0 amide bonds. The molecule has 0 saturated heterocycles. The number of para-hydroxylation sites is 1. The fourth-order valence-electron chi connectivity index (χ4n) is 3.03. The highest BCUT2D eigenvalue weighted by atomic mass is 35.5. The van der Waals surface area contributed by atoms with Crippen molar-refractivity contribution in [1.29, 1.82) is 0 Å². The van der Waals surface area contributed by atoms with E-state index in [2.05, 4.69) is 36.1 Å². The minimum absolute atomic E-state index is 0.412. The number of aliphatic hydroxyl groups is 1. The summed E-state index contributed by atoms with van der Waals surface area (Å²) in [6, 6.07) is 14.8. The van der Waals surface area contributed by atoms with Crippen LogP contribution in [-0.4, -0.2) is 11.1 Å². The standard InChI is InChI=1S/C18H20ClNO/c1-12-7-8-14-5-3-4-6-17(14)20(12)18-10-9-15(13(2)21)11-16(18)19/h3-6,9-13,21H,7-8H2,1-2H3/t12?,13-/m0/s1. The smallest absolute Gasteiger partial charge is 0.0762 e. The van der Waals surface area contributed by atoms with Crippen LogP contribution in [0, 0.1) is 0 Å². The van der Waals surface area contributed by atoms with E-state index in [1.54, 1.807) is 6.92 Å². The van der Waals surface area contributed by atoms with E-state index in [1.165, 1.54) is 11.3 Å². The summed E-state index contributed by atoms with van der Waals surface area (Å²) in [5.74, 6) is 0. The predicted octanol–water partition coefficient (Wildman–Crippen LogP) is 4.87. The fourth-order valence-corrected chi connectivity index (χ4v) is 3.31. The predicted molar refractivity (Wildman–Crippen MR) is 88.4 cm³/mol. The Balaban J connectivity index is 2.07. The quantitative estimate of drug-likeness (QED) is 0.855. The van der Waals surface area contributed by atoms with Crippen molar-refractivity contribution in [3.05, 3.63) is 58.6 Å². The number of fused-ring (bicyclic) bond motifs is 1. The molecule has 3 rings (SSSR count). The normalized spacial score (nSPS) is 19.2. The summed E-state index contributed by atoms with van der Waals surface area (Å²) in [5.41, 5.74) is 4.47. The second-order valence-corrected chi connectivity index (χ2v) is 6.18. The molecule has 21 heavy (non-hydrogen) atoms. The first-order valence-electron chi connectivity index (χ1n) is 7.42. The van der Waals surface area contributed by atoms with Gasteiger partial charge in [-0.3, -0.25) is 0 Å². The van der Waals surface area contributed by atoms with E-state index in [0.717, 1.165) is 24.1 Å². The Kier molecular flexibility index (Phi) is 3.92. The molecule has 2 nitrogen and oxygen atoms in total. The van der Waals surface area contributed by atoms with Crippen molar-refractivity contribution in [1.82, 2.24) is 0 Å². The minimum atomic E-state index is -0.498. The zero-order chi connectivity index (χ0) is 15.0. The molecule has 0 spiro atoms. The average Bonchev–Trinajstić information content (AvgIpc) is 2.48. The zero-order valence-corrected chi connectivity index (χ0v) is 13.1. The van der Waals surface area contributed by atoms with Crippen molar-refractivity contribution < 1.29 is 5.11 Å². The Bertz CT molecular complexity index is 653. The van der Waals surface area contributed by atoms with Gasteiger partial charge in [0.2, 0.25) is 0 Å². The first kappa shape index (κ1) is 14.4. The second-order valence-electron chi connectivity index (χ2n) is 5.77. The van der Waals surface area contributed by atoms with Crippen LogP contribution in [0.15, 0.2) is 42.5 Å². The van der Waals surface area contributed by atoms with Gasteiger partial charge in [0.05, 0.1) is 16.8 Å². The first-order valence-corrected chi connectivity index (χ1v) is 7.80. The number of aliphatic hydroxyl groups excluding tert-OH is 1. The molecule has 0 aromatic heterocycles. The average molecular weight is 302 g/mol. The third-order valence-corrected chi connectivity index (χ3v) is 4.54. The minimum Gasteiger partial charge on any atom is -0.389 e. The lowest BCUT2D eigenvalue weighted by Crippen LogP contribution is -2.33. The lowest BCUT2D eigenvalue weighted by Gasteiger charge is -2.37. The van der Waals surface area contributed by atoms with Crippen LogP contribution in [0.4, 0.5) is 11.4 Å². The van der Waals surface area contributed by atoms with Crippen LogP contribution in [0.2, 0.25) is 5.02 Å². The number of aryl methyl sites for hydroxylation is 1. The summed E-state index contributed by atoms with van der Waals surface area (Å²) >= 11 is 6.49. The molecule has 3 heteroatoms. The maximum Gasteiger partial charge on any atom is 0.0762 e. The maximum absolute atomic E-state index is 9.69. The number of nitrogens with zero attached hydrogens (tertiary/aromatic N) is 1. The maximum atomic E-state index is 9.69. The number of anilines is 2. The van der Waals surface area contributed by atoms with E-state index < -0.39 is 6.10 Å². The number of halogens is 1. The van der Waals surface area contributed by atoms with E-state index in [1.807, 2.05) is 18.2 Å². The SMILES string of the molecule is CC1CCc2ccccc2N1c1ccc([C@H](C)O)cc1Cl. The molecule has 2 aromatic carbocycles. The van der Waals surface area contributed by atoms with Crippen LogP contribution in [0.25, 0.3) is 0 Å². The number of hydrogen-bond acceptors (Lipinski definition) is 2. The number of rotatable bonds is 2. The van der Waals surface area contributed by atoms with Gasteiger partial charge in [0.15, 0.2) is 0 Å². The van der Waals surface area contributed by atoms with Crippen LogP contribution in [0.5, 0.6) is 0 Å². The van der Waals surface area contributed by atoms with E-state index >= 15 is 0 Å². The van der Waals surface area contributed by atoms with Crippen molar-refractivity contribution in [2.45, 2.75) is 38.8 Å². The molecule has 1 unspecified atom stereocenters. The molecule has 0 saturated carbocycles. The summed E-state index contributed by atoms with van der Waals surface area (Å²) in [4.78, 5) is 2.31. The molecule has 0 radical (unpaired) electrons. The van der Waals surface area contributed by atoms with Gasteiger partial charge in [-0.2, -0.15) is 0 Å². The summed E-state index contributed by atoms with van der Waals surface area (Å²) in [6.07, 6.45) is 1.73. The molecule has 1 aliphatic rings. The Hall–Kier alpha value is -1.51. The van der Waals surface area contributed by atoms with E-state index in [0.29, 0.717) is 11.1 Å². The van der Waals surface area contributed by atoms with Gasteiger partial charge >= 0.3 is 0 Å². The first-order chi connectivity index (χ1) is 10.1. The summed E-state index contributed by atoms with van der Waals surface area (Å²) in [5, 5.41) is 10.4. The summed E-state index contributed by atoms with van der Waals surface area (Å²) in [6.45, 7) is 3.99. The van der Waals surface area contributed by atoms with Gasteiger partial charge in [-0.15, -0.1) is 0 Å². The van der Waals surface area contributed by atoms with Crippen molar-refractivity contribution in [2.75, 3.05) is 4.90 Å². The van der Waals surface area contributed by atoms with Crippen molar-refractivity contribution >= 4 is 23.0 Å². The molecule has 1 aliphatic heterocycles. The largest absolute Gasteiger partial charge is 0.389 e. The van der Waals surface area contributed by atoms with Gasteiger partial charge in [0.1, 0.15) is 0 Å². The molecule has 2 atom stereocenters.